The van der Waals surface area contributed by atoms with Crippen LogP contribution in [0.1, 0.15) is 20.3 Å². The summed E-state index contributed by atoms with van der Waals surface area (Å²) in [6.07, 6.45) is 1.28. The second-order valence-corrected chi connectivity index (χ2v) is 4.16. The summed E-state index contributed by atoms with van der Waals surface area (Å²) in [5.41, 5.74) is 0.193. The zero-order valence-electron chi connectivity index (χ0n) is 7.47. The molecule has 2 bridgehead atoms. The van der Waals surface area contributed by atoms with E-state index in [9.17, 15) is 0 Å². The van der Waals surface area contributed by atoms with Crippen LogP contribution in [0.2, 0.25) is 0 Å². The summed E-state index contributed by atoms with van der Waals surface area (Å²) in [4.78, 5) is 2.50. The molecule has 0 spiro atoms. The van der Waals surface area contributed by atoms with Crippen molar-refractivity contribution in [3.63, 3.8) is 0 Å². The van der Waals surface area contributed by atoms with Crippen LogP contribution in [0.5, 0.6) is 0 Å². The van der Waals surface area contributed by atoms with E-state index in [1.54, 1.807) is 0 Å². The lowest BCUT2D eigenvalue weighted by Crippen LogP contribution is -2.45. The number of ether oxygens (including phenoxy) is 1. The molecule has 2 saturated heterocycles. The zero-order chi connectivity index (χ0) is 7.90. The molecule has 2 rings (SSSR count). The monoisotopic (exact) mass is 155 g/mol. The van der Waals surface area contributed by atoms with Gasteiger partial charge in [-0.1, -0.05) is 6.92 Å². The third-order valence-electron chi connectivity index (χ3n) is 2.91. The second kappa shape index (κ2) is 2.46. The van der Waals surface area contributed by atoms with Crippen LogP contribution in [0.4, 0.5) is 0 Å². The number of fused-ring (bicyclic) bond motifs is 2. The minimum atomic E-state index is 0.193. The second-order valence-electron chi connectivity index (χ2n) is 4.16. The number of rotatable bonds is 1. The van der Waals surface area contributed by atoms with E-state index < -0.39 is 0 Å². The van der Waals surface area contributed by atoms with E-state index in [0.717, 1.165) is 19.1 Å². The molecular weight excluding hydrogens is 138 g/mol. The minimum Gasteiger partial charge on any atom is -0.374 e. The lowest BCUT2D eigenvalue weighted by molar-refractivity contribution is -0.00294. The van der Waals surface area contributed by atoms with Gasteiger partial charge in [0.25, 0.3) is 0 Å². The van der Waals surface area contributed by atoms with Crippen LogP contribution in [0.15, 0.2) is 0 Å². The molecule has 0 radical (unpaired) electrons. The fraction of sp³-hybridized carbons (Fsp3) is 1.00. The fourth-order valence-electron chi connectivity index (χ4n) is 2.42. The quantitative estimate of drug-likeness (QED) is 0.562. The highest BCUT2D eigenvalue weighted by Gasteiger charge is 2.42. The van der Waals surface area contributed by atoms with Crippen molar-refractivity contribution in [1.82, 2.24) is 4.90 Å². The Hall–Kier alpha value is -0.0800. The van der Waals surface area contributed by atoms with Crippen molar-refractivity contribution < 1.29 is 4.74 Å². The predicted molar refractivity (Wildman–Crippen MR) is 44.6 cm³/mol. The first kappa shape index (κ1) is 7.56. The van der Waals surface area contributed by atoms with E-state index in [1.807, 2.05) is 0 Å². The van der Waals surface area contributed by atoms with Crippen molar-refractivity contribution in [3.8, 4) is 0 Å². The minimum absolute atomic E-state index is 0.193. The van der Waals surface area contributed by atoms with Gasteiger partial charge in [0.05, 0.1) is 12.2 Å². The van der Waals surface area contributed by atoms with Gasteiger partial charge in [-0.25, -0.2) is 0 Å². The van der Waals surface area contributed by atoms with Crippen LogP contribution in [-0.2, 0) is 4.74 Å². The van der Waals surface area contributed by atoms with E-state index in [0.29, 0.717) is 0 Å². The van der Waals surface area contributed by atoms with Crippen LogP contribution in [0, 0.1) is 5.92 Å². The summed E-state index contributed by atoms with van der Waals surface area (Å²) < 4.78 is 5.75. The Morgan fingerprint density at radius 2 is 2.45 bits per heavy atom. The number of likely N-dealkylation sites (N-methyl/N-ethyl adjacent to an activating group) is 1. The molecule has 2 aliphatic heterocycles. The summed E-state index contributed by atoms with van der Waals surface area (Å²) in [7, 11) is 0. The van der Waals surface area contributed by atoms with E-state index in [4.69, 9.17) is 4.74 Å². The normalized spacial score (nSPS) is 44.7. The van der Waals surface area contributed by atoms with Gasteiger partial charge < -0.3 is 9.64 Å². The predicted octanol–water partition coefficient (Wildman–Crippen LogP) is 1.12. The van der Waals surface area contributed by atoms with Gasteiger partial charge >= 0.3 is 0 Å². The third-order valence-corrected chi connectivity index (χ3v) is 2.91. The van der Waals surface area contributed by atoms with E-state index >= 15 is 0 Å². The smallest absolute Gasteiger partial charge is 0.0784 e. The molecule has 0 aromatic heterocycles. The van der Waals surface area contributed by atoms with Crippen molar-refractivity contribution in [2.24, 2.45) is 5.92 Å². The summed E-state index contributed by atoms with van der Waals surface area (Å²) in [6.45, 7) is 9.04. The topological polar surface area (TPSA) is 12.5 Å². The molecule has 0 saturated carbocycles. The number of hydrogen-bond acceptors (Lipinski definition) is 2. The number of piperidine rings is 1. The Balaban J connectivity index is 2.06. The summed E-state index contributed by atoms with van der Waals surface area (Å²) in [5.74, 6) is 0.814. The molecule has 2 heterocycles. The van der Waals surface area contributed by atoms with Crippen LogP contribution >= 0.6 is 0 Å². The highest BCUT2D eigenvalue weighted by Crippen LogP contribution is 2.35. The molecule has 11 heavy (non-hydrogen) atoms. The van der Waals surface area contributed by atoms with Gasteiger partial charge in [0.15, 0.2) is 0 Å². The number of hydrogen-bond donors (Lipinski definition) is 0. The molecule has 2 nitrogen and oxygen atoms in total. The highest BCUT2D eigenvalue weighted by atomic mass is 16.5. The molecule has 0 aliphatic carbocycles. The van der Waals surface area contributed by atoms with Crippen molar-refractivity contribution >= 4 is 0 Å². The maximum absolute atomic E-state index is 5.75. The Morgan fingerprint density at radius 1 is 1.64 bits per heavy atom. The van der Waals surface area contributed by atoms with Crippen molar-refractivity contribution in [1.29, 1.82) is 0 Å². The first-order chi connectivity index (χ1) is 5.22. The molecule has 64 valence electrons. The Kier molecular flexibility index (Phi) is 1.69. The molecule has 0 N–H and O–H groups in total. The Morgan fingerprint density at radius 3 is 3.09 bits per heavy atom. The van der Waals surface area contributed by atoms with Crippen LogP contribution in [0.3, 0.4) is 0 Å². The van der Waals surface area contributed by atoms with Gasteiger partial charge in [0, 0.05) is 13.1 Å². The molecule has 2 fully saturated rings. The molecule has 2 aliphatic rings. The molecule has 2 heteroatoms. The highest BCUT2D eigenvalue weighted by molar-refractivity contribution is 4.93. The van der Waals surface area contributed by atoms with Gasteiger partial charge in [0.1, 0.15) is 0 Å². The van der Waals surface area contributed by atoms with Crippen molar-refractivity contribution in [2.75, 3.05) is 26.2 Å². The summed E-state index contributed by atoms with van der Waals surface area (Å²) in [5, 5.41) is 0. The van der Waals surface area contributed by atoms with E-state index in [1.165, 1.54) is 19.5 Å². The molecule has 0 aromatic rings. The van der Waals surface area contributed by atoms with E-state index in [2.05, 4.69) is 18.7 Å². The molecular formula is C9H17NO. The van der Waals surface area contributed by atoms with Crippen molar-refractivity contribution in [3.05, 3.63) is 0 Å². The average molecular weight is 155 g/mol. The largest absolute Gasteiger partial charge is 0.374 e. The Labute approximate surface area is 68.5 Å². The van der Waals surface area contributed by atoms with Crippen LogP contribution in [-0.4, -0.2) is 36.7 Å². The first-order valence-corrected chi connectivity index (χ1v) is 4.58. The maximum Gasteiger partial charge on any atom is 0.0784 e. The molecule has 0 aromatic carbocycles. The summed E-state index contributed by atoms with van der Waals surface area (Å²) in [6, 6.07) is 0. The van der Waals surface area contributed by atoms with Gasteiger partial charge in [-0.15, -0.1) is 0 Å². The van der Waals surface area contributed by atoms with Crippen LogP contribution in [0.25, 0.3) is 0 Å². The number of nitrogens with zero attached hydrogens (tertiary/aromatic N) is 1. The van der Waals surface area contributed by atoms with Gasteiger partial charge in [0.2, 0.25) is 0 Å². The zero-order valence-corrected chi connectivity index (χ0v) is 7.47. The third kappa shape index (κ3) is 1.30. The molecule has 2 atom stereocenters. The average Bonchev–Trinajstić information content (AvgIpc) is 2.25. The standard InChI is InChI=1S/C9H17NO/c1-3-10-5-8-4-9(2,7-10)11-6-8/h8H,3-7H2,1-2H3. The van der Waals surface area contributed by atoms with Gasteiger partial charge in [-0.3, -0.25) is 0 Å². The molecule has 0 amide bonds. The fourth-order valence-corrected chi connectivity index (χ4v) is 2.42. The maximum atomic E-state index is 5.75. The lowest BCUT2D eigenvalue weighted by Gasteiger charge is -2.35. The number of likely N-dealkylation sites (tertiary alicyclic amines) is 1. The van der Waals surface area contributed by atoms with Gasteiger partial charge in [-0.05, 0) is 25.8 Å². The van der Waals surface area contributed by atoms with Crippen molar-refractivity contribution in [2.45, 2.75) is 25.9 Å². The lowest BCUT2D eigenvalue weighted by atomic mass is 9.91. The Bertz CT molecular complexity index is 160. The molecule has 2 unspecified atom stereocenters. The first-order valence-electron chi connectivity index (χ1n) is 4.58. The van der Waals surface area contributed by atoms with E-state index in [-0.39, 0.29) is 5.60 Å². The SMILES string of the molecule is CCN1CC2COC(C)(C2)C1. The van der Waals surface area contributed by atoms with Gasteiger partial charge in [-0.2, -0.15) is 0 Å². The van der Waals surface area contributed by atoms with Crippen LogP contribution < -0.4 is 0 Å². The summed E-state index contributed by atoms with van der Waals surface area (Å²) >= 11 is 0.